The van der Waals surface area contributed by atoms with Gasteiger partial charge in [-0.1, -0.05) is 0 Å². The summed E-state index contributed by atoms with van der Waals surface area (Å²) >= 11 is 1.46. The van der Waals surface area contributed by atoms with Crippen LogP contribution in [0.4, 0.5) is 0 Å². The number of aliphatic carboxylic acids is 1. The summed E-state index contributed by atoms with van der Waals surface area (Å²) in [4.78, 5) is 28.0. The normalized spacial score (nSPS) is 23.7. The van der Waals surface area contributed by atoms with Gasteiger partial charge in [-0.25, -0.2) is 4.79 Å². The molecule has 90 valence electrons. The number of hydrogen-bond donors (Lipinski definition) is 1. The Balaban J connectivity index is 2.30. The molecule has 1 aromatic rings. The van der Waals surface area contributed by atoms with Crippen LogP contribution < -0.4 is 0 Å². The van der Waals surface area contributed by atoms with Gasteiger partial charge in [-0.05, 0) is 17.7 Å². The van der Waals surface area contributed by atoms with E-state index in [0.717, 1.165) is 5.56 Å². The van der Waals surface area contributed by atoms with E-state index >= 15 is 0 Å². The molecule has 1 amide bonds. The molecule has 2 atom stereocenters. The maximum Gasteiger partial charge on any atom is 0.327 e. The van der Waals surface area contributed by atoms with Crippen molar-refractivity contribution in [2.75, 3.05) is 5.75 Å². The van der Waals surface area contributed by atoms with Gasteiger partial charge in [0.25, 0.3) is 0 Å². The highest BCUT2D eigenvalue weighted by atomic mass is 32.2. The van der Waals surface area contributed by atoms with Gasteiger partial charge < -0.3 is 10.0 Å². The average Bonchev–Trinajstić information content (AvgIpc) is 2.74. The van der Waals surface area contributed by atoms with Crippen LogP contribution in [0.2, 0.25) is 0 Å². The minimum atomic E-state index is -0.954. The van der Waals surface area contributed by atoms with E-state index in [2.05, 4.69) is 4.98 Å². The van der Waals surface area contributed by atoms with Crippen molar-refractivity contribution < 1.29 is 14.7 Å². The van der Waals surface area contributed by atoms with Gasteiger partial charge in [0.2, 0.25) is 5.91 Å². The summed E-state index contributed by atoms with van der Waals surface area (Å²) < 4.78 is 0. The van der Waals surface area contributed by atoms with Crippen molar-refractivity contribution >= 4 is 23.6 Å². The number of carbonyl (C=O) groups is 2. The van der Waals surface area contributed by atoms with Crippen molar-refractivity contribution in [3.8, 4) is 0 Å². The Morgan fingerprint density at radius 3 is 2.65 bits per heavy atom. The van der Waals surface area contributed by atoms with Crippen LogP contribution in [-0.4, -0.2) is 38.7 Å². The van der Waals surface area contributed by atoms with Gasteiger partial charge in [0.05, 0.1) is 0 Å². The fraction of sp³-hybridized carbons (Fsp3) is 0.364. The number of carboxylic acids is 1. The van der Waals surface area contributed by atoms with Crippen molar-refractivity contribution in [2.24, 2.45) is 0 Å². The van der Waals surface area contributed by atoms with E-state index in [4.69, 9.17) is 5.11 Å². The van der Waals surface area contributed by atoms with Crippen LogP contribution in [0.1, 0.15) is 17.9 Å². The summed E-state index contributed by atoms with van der Waals surface area (Å²) in [6.45, 7) is 1.40. The van der Waals surface area contributed by atoms with E-state index in [1.807, 2.05) is 0 Å². The lowest BCUT2D eigenvalue weighted by atomic mass is 10.2. The van der Waals surface area contributed by atoms with Crippen LogP contribution in [0.15, 0.2) is 24.5 Å². The quantitative estimate of drug-likeness (QED) is 0.854. The topological polar surface area (TPSA) is 70.5 Å². The lowest BCUT2D eigenvalue weighted by Gasteiger charge is -2.26. The standard InChI is InChI=1S/C11H12N2O3S/c1-7(14)13-9(11(15)16)6-17-10(13)8-2-4-12-5-3-8/h2-5,9-10H,6H2,1H3,(H,15,16). The maximum atomic E-state index is 11.6. The molecule has 1 fully saturated rings. The third kappa shape index (κ3) is 2.26. The number of aromatic nitrogens is 1. The summed E-state index contributed by atoms with van der Waals surface area (Å²) in [5.41, 5.74) is 0.906. The highest BCUT2D eigenvalue weighted by Gasteiger charge is 2.40. The van der Waals surface area contributed by atoms with Gasteiger partial charge >= 0.3 is 5.97 Å². The van der Waals surface area contributed by atoms with E-state index in [1.165, 1.54) is 23.6 Å². The zero-order chi connectivity index (χ0) is 12.4. The van der Waals surface area contributed by atoms with Crippen molar-refractivity contribution in [1.82, 2.24) is 9.88 Å². The maximum absolute atomic E-state index is 11.6. The number of carbonyl (C=O) groups excluding carboxylic acids is 1. The molecule has 2 heterocycles. The smallest absolute Gasteiger partial charge is 0.327 e. The molecule has 0 aliphatic carbocycles. The van der Waals surface area contributed by atoms with E-state index < -0.39 is 12.0 Å². The summed E-state index contributed by atoms with van der Waals surface area (Å²) in [7, 11) is 0. The molecule has 2 unspecified atom stereocenters. The van der Waals surface area contributed by atoms with Crippen molar-refractivity contribution in [3.63, 3.8) is 0 Å². The molecule has 1 N–H and O–H groups in total. The summed E-state index contributed by atoms with van der Waals surface area (Å²) in [5, 5.41) is 8.85. The summed E-state index contributed by atoms with van der Waals surface area (Å²) in [6, 6.07) is 2.87. The SMILES string of the molecule is CC(=O)N1C(C(=O)O)CSC1c1ccncc1. The molecule has 2 rings (SSSR count). The third-order valence-electron chi connectivity index (χ3n) is 2.64. The predicted octanol–water partition coefficient (Wildman–Crippen LogP) is 1.13. The van der Waals surface area contributed by atoms with Gasteiger partial charge in [0.15, 0.2) is 0 Å². The lowest BCUT2D eigenvalue weighted by molar-refractivity contribution is -0.148. The number of rotatable bonds is 2. The molecular formula is C11H12N2O3S. The van der Waals surface area contributed by atoms with E-state index in [1.54, 1.807) is 24.5 Å². The second-order valence-corrected chi connectivity index (χ2v) is 4.86. The Labute approximate surface area is 103 Å². The molecule has 1 aliphatic rings. The second kappa shape index (κ2) is 4.75. The molecule has 1 aromatic heterocycles. The van der Waals surface area contributed by atoms with Crippen LogP contribution in [0, 0.1) is 0 Å². The van der Waals surface area contributed by atoms with E-state index in [-0.39, 0.29) is 11.3 Å². The third-order valence-corrected chi connectivity index (χ3v) is 3.96. The van der Waals surface area contributed by atoms with Crippen molar-refractivity contribution in [2.45, 2.75) is 18.3 Å². The fourth-order valence-electron chi connectivity index (χ4n) is 1.87. The molecule has 5 nitrogen and oxygen atoms in total. The average molecular weight is 252 g/mol. The first-order chi connectivity index (χ1) is 8.11. The zero-order valence-electron chi connectivity index (χ0n) is 9.24. The van der Waals surface area contributed by atoms with E-state index in [9.17, 15) is 9.59 Å². The van der Waals surface area contributed by atoms with Gasteiger partial charge in [-0.2, -0.15) is 0 Å². The van der Waals surface area contributed by atoms with Crippen LogP contribution in [-0.2, 0) is 9.59 Å². The largest absolute Gasteiger partial charge is 0.480 e. The molecule has 0 spiro atoms. The Bertz CT molecular complexity index is 438. The molecule has 1 saturated heterocycles. The number of pyridine rings is 1. The van der Waals surface area contributed by atoms with Crippen LogP contribution >= 0.6 is 11.8 Å². The monoisotopic (exact) mass is 252 g/mol. The predicted molar refractivity (Wildman–Crippen MR) is 63.4 cm³/mol. The molecule has 1 aliphatic heterocycles. The summed E-state index contributed by atoms with van der Waals surface area (Å²) in [5.74, 6) is -0.754. The highest BCUT2D eigenvalue weighted by molar-refractivity contribution is 7.99. The van der Waals surface area contributed by atoms with Crippen molar-refractivity contribution in [1.29, 1.82) is 0 Å². The highest BCUT2D eigenvalue weighted by Crippen LogP contribution is 2.41. The first kappa shape index (κ1) is 11.9. The first-order valence-corrected chi connectivity index (χ1v) is 6.19. The number of carboxylic acid groups (broad SMARTS) is 1. The minimum Gasteiger partial charge on any atom is -0.480 e. The Hall–Kier alpha value is -1.56. The van der Waals surface area contributed by atoms with E-state index in [0.29, 0.717) is 5.75 Å². The molecule has 0 radical (unpaired) electrons. The van der Waals surface area contributed by atoms with Gasteiger partial charge in [-0.3, -0.25) is 9.78 Å². The van der Waals surface area contributed by atoms with Crippen molar-refractivity contribution in [3.05, 3.63) is 30.1 Å². The molecule has 17 heavy (non-hydrogen) atoms. The second-order valence-electron chi connectivity index (χ2n) is 3.75. The Morgan fingerprint density at radius 1 is 1.47 bits per heavy atom. The summed E-state index contributed by atoms with van der Waals surface area (Å²) in [6.07, 6.45) is 3.28. The molecular weight excluding hydrogens is 240 g/mol. The lowest BCUT2D eigenvalue weighted by Crippen LogP contribution is -2.41. The Kier molecular flexibility index (Phi) is 3.33. The molecule has 0 bridgehead atoms. The van der Waals surface area contributed by atoms with Crippen LogP contribution in [0.3, 0.4) is 0 Å². The molecule has 0 aromatic carbocycles. The zero-order valence-corrected chi connectivity index (χ0v) is 10.1. The fourth-order valence-corrected chi connectivity index (χ4v) is 3.34. The number of hydrogen-bond acceptors (Lipinski definition) is 4. The van der Waals surface area contributed by atoms with Crippen LogP contribution in [0.5, 0.6) is 0 Å². The van der Waals surface area contributed by atoms with Gasteiger partial charge in [0.1, 0.15) is 11.4 Å². The molecule has 6 heteroatoms. The van der Waals surface area contributed by atoms with Gasteiger partial charge in [0, 0.05) is 25.1 Å². The number of nitrogens with zero attached hydrogens (tertiary/aromatic N) is 2. The van der Waals surface area contributed by atoms with Crippen LogP contribution in [0.25, 0.3) is 0 Å². The first-order valence-electron chi connectivity index (χ1n) is 5.14. The van der Waals surface area contributed by atoms with Gasteiger partial charge in [-0.15, -0.1) is 11.8 Å². The number of amides is 1. The minimum absolute atomic E-state index is 0.218. The molecule has 0 saturated carbocycles. The Morgan fingerprint density at radius 2 is 2.12 bits per heavy atom. The number of thioether (sulfide) groups is 1.